The first kappa shape index (κ1) is 18.1. The van der Waals surface area contributed by atoms with E-state index in [1.54, 1.807) is 0 Å². The summed E-state index contributed by atoms with van der Waals surface area (Å²) in [6.45, 7) is 4.89. The molecular formula is C22H28N2O4. The van der Waals surface area contributed by atoms with Crippen molar-refractivity contribution in [2.45, 2.75) is 37.2 Å². The number of Topliss-reactive ketones (excluding diaryl/α,β-unsaturated/α-hetero) is 1. The maximum Gasteiger partial charge on any atom is 0.320 e. The zero-order chi connectivity index (χ0) is 19.1. The Kier molecular flexibility index (Phi) is 4.85. The number of fused-ring (bicyclic) bond motifs is 1. The van der Waals surface area contributed by atoms with Crippen LogP contribution in [0.15, 0.2) is 24.3 Å². The van der Waals surface area contributed by atoms with Gasteiger partial charge in [0, 0.05) is 57.0 Å². The number of ether oxygens (including phenoxy) is 2. The predicted molar refractivity (Wildman–Crippen MR) is 103 cm³/mol. The molecule has 1 aromatic carbocycles. The van der Waals surface area contributed by atoms with Crippen LogP contribution in [0.2, 0.25) is 0 Å². The first-order valence-electron chi connectivity index (χ1n) is 10.5. The molecule has 0 unspecified atom stereocenters. The van der Waals surface area contributed by atoms with Crippen LogP contribution >= 0.6 is 0 Å². The molecule has 4 aliphatic rings. The van der Waals surface area contributed by atoms with Gasteiger partial charge in [-0.2, -0.15) is 0 Å². The normalized spacial score (nSPS) is 30.9. The SMILES string of the molecule is O=C1CO[C@H]2CCN(C(=O)N3CC(c4ccc([C@@H]5CCOC5)cc4)C3)C[C@H]2C1. The predicted octanol–water partition coefficient (Wildman–Crippen LogP) is 2.39. The van der Waals surface area contributed by atoms with E-state index < -0.39 is 0 Å². The van der Waals surface area contributed by atoms with E-state index in [0.717, 1.165) is 45.7 Å². The van der Waals surface area contributed by atoms with Gasteiger partial charge in [0.25, 0.3) is 0 Å². The van der Waals surface area contributed by atoms with E-state index >= 15 is 0 Å². The summed E-state index contributed by atoms with van der Waals surface area (Å²) < 4.78 is 11.1. The number of piperidine rings is 1. The highest BCUT2D eigenvalue weighted by Gasteiger charge is 2.40. The van der Waals surface area contributed by atoms with Crippen LogP contribution in [0.3, 0.4) is 0 Å². The third kappa shape index (κ3) is 3.44. The maximum atomic E-state index is 12.9. The van der Waals surface area contributed by atoms with Crippen LogP contribution in [0.5, 0.6) is 0 Å². The van der Waals surface area contributed by atoms with Gasteiger partial charge in [-0.05, 0) is 24.0 Å². The van der Waals surface area contributed by atoms with Crippen molar-refractivity contribution < 1.29 is 19.1 Å². The summed E-state index contributed by atoms with van der Waals surface area (Å²) in [5.74, 6) is 1.29. The lowest BCUT2D eigenvalue weighted by Gasteiger charge is -2.46. The van der Waals surface area contributed by atoms with Crippen molar-refractivity contribution in [1.82, 2.24) is 9.80 Å². The molecule has 1 aromatic rings. The monoisotopic (exact) mass is 384 g/mol. The number of amides is 2. The molecule has 5 rings (SSSR count). The highest BCUT2D eigenvalue weighted by molar-refractivity contribution is 5.81. The Morgan fingerprint density at radius 2 is 1.71 bits per heavy atom. The van der Waals surface area contributed by atoms with Crippen molar-refractivity contribution in [1.29, 1.82) is 0 Å². The third-order valence-corrected chi connectivity index (χ3v) is 6.84. The van der Waals surface area contributed by atoms with Gasteiger partial charge in [-0.3, -0.25) is 4.79 Å². The van der Waals surface area contributed by atoms with Crippen LogP contribution in [0, 0.1) is 5.92 Å². The summed E-state index contributed by atoms with van der Waals surface area (Å²) in [6.07, 6.45) is 2.65. The van der Waals surface area contributed by atoms with E-state index in [4.69, 9.17) is 9.47 Å². The Labute approximate surface area is 165 Å². The number of rotatable bonds is 2. The first-order valence-corrected chi connectivity index (χ1v) is 10.5. The van der Waals surface area contributed by atoms with Crippen LogP contribution in [-0.4, -0.2) is 73.7 Å². The zero-order valence-electron chi connectivity index (χ0n) is 16.2. The van der Waals surface area contributed by atoms with Crippen LogP contribution < -0.4 is 0 Å². The molecule has 0 aromatic heterocycles. The van der Waals surface area contributed by atoms with Gasteiger partial charge in [0.1, 0.15) is 6.61 Å². The van der Waals surface area contributed by atoms with Gasteiger partial charge < -0.3 is 19.3 Å². The van der Waals surface area contributed by atoms with Crippen molar-refractivity contribution in [3.05, 3.63) is 35.4 Å². The van der Waals surface area contributed by atoms with Crippen molar-refractivity contribution in [3.63, 3.8) is 0 Å². The van der Waals surface area contributed by atoms with Crippen LogP contribution in [0.4, 0.5) is 4.79 Å². The van der Waals surface area contributed by atoms with E-state index in [1.165, 1.54) is 11.1 Å². The quantitative estimate of drug-likeness (QED) is 0.786. The minimum absolute atomic E-state index is 0.118. The van der Waals surface area contributed by atoms with Crippen molar-refractivity contribution in [3.8, 4) is 0 Å². The smallest absolute Gasteiger partial charge is 0.320 e. The van der Waals surface area contributed by atoms with Crippen molar-refractivity contribution >= 4 is 11.8 Å². The fourth-order valence-electron chi connectivity index (χ4n) is 5.03. The minimum atomic E-state index is 0.118. The van der Waals surface area contributed by atoms with Gasteiger partial charge in [0.05, 0.1) is 12.7 Å². The molecule has 4 saturated heterocycles. The summed E-state index contributed by atoms with van der Waals surface area (Å²) in [5, 5.41) is 0. The van der Waals surface area contributed by atoms with E-state index in [-0.39, 0.29) is 30.4 Å². The van der Waals surface area contributed by atoms with Gasteiger partial charge in [-0.1, -0.05) is 24.3 Å². The average Bonchev–Trinajstić information content (AvgIpc) is 3.21. The van der Waals surface area contributed by atoms with Crippen LogP contribution in [0.25, 0.3) is 0 Å². The zero-order valence-corrected chi connectivity index (χ0v) is 16.2. The number of carbonyl (C=O) groups excluding carboxylic acids is 2. The molecule has 0 saturated carbocycles. The number of likely N-dealkylation sites (tertiary alicyclic amines) is 2. The van der Waals surface area contributed by atoms with Gasteiger partial charge >= 0.3 is 6.03 Å². The summed E-state index contributed by atoms with van der Waals surface area (Å²) in [5.41, 5.74) is 2.68. The van der Waals surface area contributed by atoms with Crippen LogP contribution in [-0.2, 0) is 14.3 Å². The second-order valence-corrected chi connectivity index (χ2v) is 8.70. The summed E-state index contributed by atoms with van der Waals surface area (Å²) in [7, 11) is 0. The molecule has 3 atom stereocenters. The molecule has 150 valence electrons. The summed E-state index contributed by atoms with van der Waals surface area (Å²) >= 11 is 0. The lowest BCUT2D eigenvalue weighted by atomic mass is 9.87. The Balaban J connectivity index is 1.14. The first-order chi connectivity index (χ1) is 13.7. The maximum absolute atomic E-state index is 12.9. The number of benzene rings is 1. The van der Waals surface area contributed by atoms with E-state index in [0.29, 0.717) is 24.8 Å². The third-order valence-electron chi connectivity index (χ3n) is 6.84. The molecule has 0 radical (unpaired) electrons. The van der Waals surface area contributed by atoms with E-state index in [9.17, 15) is 9.59 Å². The van der Waals surface area contributed by atoms with Crippen molar-refractivity contribution in [2.24, 2.45) is 5.92 Å². The molecule has 2 amide bonds. The molecule has 4 fully saturated rings. The number of nitrogens with zero attached hydrogens (tertiary/aromatic N) is 2. The lowest BCUT2D eigenvalue weighted by Crippen LogP contribution is -2.58. The minimum Gasteiger partial charge on any atom is -0.381 e. The molecule has 0 bridgehead atoms. The highest BCUT2D eigenvalue weighted by Crippen LogP contribution is 2.33. The number of hydrogen-bond acceptors (Lipinski definition) is 4. The molecule has 4 aliphatic heterocycles. The Hall–Kier alpha value is -1.92. The second-order valence-electron chi connectivity index (χ2n) is 8.70. The Bertz CT molecular complexity index is 737. The molecular weight excluding hydrogens is 356 g/mol. The molecule has 0 aliphatic carbocycles. The molecule has 6 nitrogen and oxygen atoms in total. The topological polar surface area (TPSA) is 59.1 Å². The van der Waals surface area contributed by atoms with E-state index in [2.05, 4.69) is 24.3 Å². The van der Waals surface area contributed by atoms with Gasteiger partial charge in [0.15, 0.2) is 5.78 Å². The standard InChI is InChI=1S/C22H28N2O4/c25-20-9-18-10-23(7-5-21(18)28-14-20)22(26)24-11-19(12-24)16-3-1-15(2-4-16)17-6-8-27-13-17/h1-4,17-19,21H,5-14H2/t17-,18-,21+/m1/s1. The van der Waals surface area contributed by atoms with Crippen LogP contribution in [0.1, 0.15) is 42.2 Å². The largest absolute Gasteiger partial charge is 0.381 e. The summed E-state index contributed by atoms with van der Waals surface area (Å²) in [6, 6.07) is 9.01. The number of hydrogen-bond donors (Lipinski definition) is 0. The molecule has 0 N–H and O–H groups in total. The average molecular weight is 384 g/mol. The Morgan fingerprint density at radius 3 is 2.43 bits per heavy atom. The molecule has 0 spiro atoms. The van der Waals surface area contributed by atoms with E-state index in [1.807, 2.05) is 9.80 Å². The number of urea groups is 1. The van der Waals surface area contributed by atoms with Gasteiger partial charge in [-0.15, -0.1) is 0 Å². The molecule has 6 heteroatoms. The molecule has 28 heavy (non-hydrogen) atoms. The fraction of sp³-hybridized carbons (Fsp3) is 0.636. The summed E-state index contributed by atoms with van der Waals surface area (Å²) in [4.78, 5) is 28.4. The number of ketones is 1. The van der Waals surface area contributed by atoms with Gasteiger partial charge in [-0.25, -0.2) is 4.79 Å². The number of carbonyl (C=O) groups is 2. The van der Waals surface area contributed by atoms with Crippen molar-refractivity contribution in [2.75, 3.05) is 46.0 Å². The fourth-order valence-corrected chi connectivity index (χ4v) is 5.03. The van der Waals surface area contributed by atoms with Gasteiger partial charge in [0.2, 0.25) is 0 Å². The lowest BCUT2D eigenvalue weighted by molar-refractivity contribution is -0.140. The Morgan fingerprint density at radius 1 is 0.964 bits per heavy atom. The molecule has 4 heterocycles. The second kappa shape index (κ2) is 7.48. The highest BCUT2D eigenvalue weighted by atomic mass is 16.5.